The minimum atomic E-state index is 0.145. The number of likely N-dealkylation sites (N-methyl/N-ethyl adjacent to an activating group) is 1. The molecule has 0 aliphatic carbocycles. The number of piperidine rings is 1. The molecule has 1 aliphatic heterocycles. The van der Waals surface area contributed by atoms with Gasteiger partial charge in [-0.1, -0.05) is 18.2 Å². The lowest BCUT2D eigenvalue weighted by Crippen LogP contribution is -2.47. The molecule has 0 atom stereocenters. The minimum Gasteiger partial charge on any atom is -0.370 e. The number of carbonyl (C=O) groups is 1. The van der Waals surface area contributed by atoms with Crippen LogP contribution in [0.5, 0.6) is 0 Å². The van der Waals surface area contributed by atoms with Crippen LogP contribution in [0, 0.1) is 12.8 Å². The van der Waals surface area contributed by atoms with Crippen molar-refractivity contribution < 1.29 is 4.79 Å². The minimum absolute atomic E-state index is 0.145. The number of aliphatic imine (C=N–C) groups is 1. The Balaban J connectivity index is 1.80. The van der Waals surface area contributed by atoms with Crippen LogP contribution in [0.2, 0.25) is 0 Å². The Kier molecular flexibility index (Phi) is 8.43. The molecule has 2 rings (SSSR count). The highest BCUT2D eigenvalue weighted by Crippen LogP contribution is 2.21. The van der Waals surface area contributed by atoms with Crippen LogP contribution in [0.3, 0.4) is 0 Å². The second-order valence-corrected chi connectivity index (χ2v) is 7.15. The third-order valence-corrected chi connectivity index (χ3v) is 5.38. The predicted molar refractivity (Wildman–Crippen MR) is 113 cm³/mol. The van der Waals surface area contributed by atoms with E-state index < -0.39 is 0 Å². The molecule has 1 aromatic carbocycles. The van der Waals surface area contributed by atoms with E-state index in [4.69, 9.17) is 0 Å². The summed E-state index contributed by atoms with van der Waals surface area (Å²) in [5.41, 5.74) is 2.61. The van der Waals surface area contributed by atoms with Crippen LogP contribution < -0.4 is 15.5 Å². The lowest BCUT2D eigenvalue weighted by atomic mass is 9.93. The lowest BCUT2D eigenvalue weighted by Gasteiger charge is -2.34. The van der Waals surface area contributed by atoms with E-state index in [0.29, 0.717) is 12.3 Å². The maximum atomic E-state index is 11.6. The molecule has 0 spiro atoms. The van der Waals surface area contributed by atoms with E-state index in [1.807, 2.05) is 7.05 Å². The van der Waals surface area contributed by atoms with Crippen molar-refractivity contribution in [3.05, 3.63) is 29.8 Å². The number of para-hydroxylation sites is 1. The predicted octanol–water partition coefficient (Wildman–Crippen LogP) is 2.24. The first-order chi connectivity index (χ1) is 13.1. The Labute approximate surface area is 164 Å². The molecule has 150 valence electrons. The van der Waals surface area contributed by atoms with E-state index in [9.17, 15) is 4.79 Å². The molecule has 0 bridgehead atoms. The van der Waals surface area contributed by atoms with Crippen molar-refractivity contribution in [2.24, 2.45) is 10.9 Å². The van der Waals surface area contributed by atoms with E-state index >= 15 is 0 Å². The first-order valence-electron chi connectivity index (χ1n) is 10.1. The Bertz CT molecular complexity index is 623. The standard InChI is InChI=1S/C21H35N5O/c1-5-25(19-9-7-6-8-17(19)2)15-12-24-21(23-4)26-13-10-18(11-14-26)16-20(27)22-3/h6-9,18H,5,10-16H2,1-4H3,(H,22,27)(H,23,24). The number of aryl methyl sites for hydroxylation is 1. The van der Waals surface area contributed by atoms with Crippen LogP contribution in [0.1, 0.15) is 31.7 Å². The summed E-state index contributed by atoms with van der Waals surface area (Å²) in [4.78, 5) is 20.7. The molecule has 1 fully saturated rings. The van der Waals surface area contributed by atoms with E-state index in [0.717, 1.165) is 51.5 Å². The maximum Gasteiger partial charge on any atom is 0.220 e. The molecular weight excluding hydrogens is 338 g/mol. The Morgan fingerprint density at radius 3 is 2.59 bits per heavy atom. The normalized spacial score (nSPS) is 15.6. The molecule has 0 saturated carbocycles. The fourth-order valence-electron chi connectivity index (χ4n) is 3.72. The Morgan fingerprint density at radius 2 is 2.00 bits per heavy atom. The number of anilines is 1. The van der Waals surface area contributed by atoms with Crippen LogP contribution in [0.25, 0.3) is 0 Å². The van der Waals surface area contributed by atoms with E-state index in [1.165, 1.54) is 11.3 Å². The molecule has 2 N–H and O–H groups in total. The van der Waals surface area contributed by atoms with Gasteiger partial charge in [0.1, 0.15) is 0 Å². The molecule has 1 amide bonds. The van der Waals surface area contributed by atoms with Gasteiger partial charge in [-0.3, -0.25) is 9.79 Å². The van der Waals surface area contributed by atoms with Gasteiger partial charge in [0.15, 0.2) is 5.96 Å². The smallest absolute Gasteiger partial charge is 0.220 e. The molecule has 1 aromatic rings. The first-order valence-corrected chi connectivity index (χ1v) is 10.1. The third kappa shape index (κ3) is 6.15. The number of rotatable bonds is 7. The summed E-state index contributed by atoms with van der Waals surface area (Å²) in [6, 6.07) is 8.53. The topological polar surface area (TPSA) is 60.0 Å². The Morgan fingerprint density at radius 1 is 1.30 bits per heavy atom. The summed E-state index contributed by atoms with van der Waals surface area (Å²) in [6.07, 6.45) is 2.72. The summed E-state index contributed by atoms with van der Waals surface area (Å²) < 4.78 is 0. The van der Waals surface area contributed by atoms with Gasteiger partial charge in [0.05, 0.1) is 0 Å². The summed E-state index contributed by atoms with van der Waals surface area (Å²) in [5, 5.41) is 6.24. The molecule has 1 saturated heterocycles. The quantitative estimate of drug-likeness (QED) is 0.568. The highest BCUT2D eigenvalue weighted by atomic mass is 16.1. The maximum absolute atomic E-state index is 11.6. The van der Waals surface area contributed by atoms with Crippen LogP contribution >= 0.6 is 0 Å². The molecule has 6 nitrogen and oxygen atoms in total. The summed E-state index contributed by atoms with van der Waals surface area (Å²) in [6.45, 7) is 9.04. The fourth-order valence-corrected chi connectivity index (χ4v) is 3.72. The fraction of sp³-hybridized carbons (Fsp3) is 0.619. The zero-order valence-corrected chi connectivity index (χ0v) is 17.3. The van der Waals surface area contributed by atoms with Gasteiger partial charge in [-0.05, 0) is 44.2 Å². The number of hydrogen-bond acceptors (Lipinski definition) is 3. The van der Waals surface area contributed by atoms with Crippen molar-refractivity contribution in [3.63, 3.8) is 0 Å². The average Bonchev–Trinajstić information content (AvgIpc) is 2.70. The number of hydrogen-bond donors (Lipinski definition) is 2. The molecule has 1 aliphatic rings. The van der Waals surface area contributed by atoms with Crippen molar-refractivity contribution in [3.8, 4) is 0 Å². The highest BCUT2D eigenvalue weighted by molar-refractivity contribution is 5.80. The van der Waals surface area contributed by atoms with E-state index in [1.54, 1.807) is 7.05 Å². The van der Waals surface area contributed by atoms with Crippen molar-refractivity contribution in [2.75, 3.05) is 51.7 Å². The molecule has 0 unspecified atom stereocenters. The van der Waals surface area contributed by atoms with Gasteiger partial charge < -0.3 is 20.4 Å². The number of carbonyl (C=O) groups excluding carboxylic acids is 1. The van der Waals surface area contributed by atoms with Gasteiger partial charge in [0, 0.05) is 58.9 Å². The van der Waals surface area contributed by atoms with Crippen LogP contribution in [0.15, 0.2) is 29.3 Å². The monoisotopic (exact) mass is 373 g/mol. The SMILES string of the molecule is CCN(CCNC(=NC)N1CCC(CC(=O)NC)CC1)c1ccccc1C. The van der Waals surface area contributed by atoms with E-state index in [-0.39, 0.29) is 5.91 Å². The van der Waals surface area contributed by atoms with Gasteiger partial charge in [-0.25, -0.2) is 0 Å². The molecule has 0 aromatic heterocycles. The molecular formula is C21H35N5O. The lowest BCUT2D eigenvalue weighted by molar-refractivity contribution is -0.121. The number of likely N-dealkylation sites (tertiary alicyclic amines) is 1. The van der Waals surface area contributed by atoms with Crippen LogP contribution in [0.4, 0.5) is 5.69 Å². The molecule has 1 heterocycles. The number of nitrogens with zero attached hydrogens (tertiary/aromatic N) is 3. The van der Waals surface area contributed by atoms with Gasteiger partial charge >= 0.3 is 0 Å². The number of amides is 1. The number of benzene rings is 1. The first kappa shape index (κ1) is 21.1. The molecule has 0 radical (unpaired) electrons. The second kappa shape index (κ2) is 10.8. The largest absolute Gasteiger partial charge is 0.370 e. The summed E-state index contributed by atoms with van der Waals surface area (Å²) in [5.74, 6) is 1.59. The summed E-state index contributed by atoms with van der Waals surface area (Å²) >= 11 is 0. The van der Waals surface area contributed by atoms with Crippen LogP contribution in [-0.4, -0.2) is 63.6 Å². The van der Waals surface area contributed by atoms with Crippen LogP contribution in [-0.2, 0) is 4.79 Å². The van der Waals surface area contributed by atoms with Gasteiger partial charge in [-0.2, -0.15) is 0 Å². The van der Waals surface area contributed by atoms with Crippen molar-refractivity contribution in [1.29, 1.82) is 0 Å². The van der Waals surface area contributed by atoms with Crippen molar-refractivity contribution in [1.82, 2.24) is 15.5 Å². The summed E-state index contributed by atoms with van der Waals surface area (Å²) in [7, 11) is 3.55. The molecule has 6 heteroatoms. The molecule has 27 heavy (non-hydrogen) atoms. The third-order valence-electron chi connectivity index (χ3n) is 5.38. The number of guanidine groups is 1. The Hall–Kier alpha value is -2.24. The zero-order valence-electron chi connectivity index (χ0n) is 17.3. The van der Waals surface area contributed by atoms with Crippen molar-refractivity contribution >= 4 is 17.6 Å². The van der Waals surface area contributed by atoms with Crippen molar-refractivity contribution in [2.45, 2.75) is 33.1 Å². The van der Waals surface area contributed by atoms with Gasteiger partial charge in [0.2, 0.25) is 5.91 Å². The zero-order chi connectivity index (χ0) is 19.6. The van der Waals surface area contributed by atoms with E-state index in [2.05, 4.69) is 63.5 Å². The van der Waals surface area contributed by atoms with Gasteiger partial charge in [0.25, 0.3) is 0 Å². The second-order valence-electron chi connectivity index (χ2n) is 7.15. The van der Waals surface area contributed by atoms with Gasteiger partial charge in [-0.15, -0.1) is 0 Å². The average molecular weight is 374 g/mol. The number of nitrogens with one attached hydrogen (secondary N) is 2. The highest BCUT2D eigenvalue weighted by Gasteiger charge is 2.23.